The van der Waals surface area contributed by atoms with Gasteiger partial charge in [-0.15, -0.1) is 0 Å². The molecule has 0 aliphatic carbocycles. The number of aryl methyl sites for hydroxylation is 1. The zero-order chi connectivity index (χ0) is 30.4. The number of nitrogens with zero attached hydrogens (tertiary/aromatic N) is 2. The van der Waals surface area contributed by atoms with Crippen molar-refractivity contribution < 1.29 is 27.8 Å². The van der Waals surface area contributed by atoms with Crippen molar-refractivity contribution >= 4 is 21.6 Å². The maximum atomic E-state index is 13.5. The van der Waals surface area contributed by atoms with Crippen LogP contribution in [0.1, 0.15) is 30.5 Å². The molecule has 0 saturated carbocycles. The Morgan fingerprint density at radius 3 is 2.45 bits per heavy atom. The number of rotatable bonds is 10. The Kier molecular flexibility index (Phi) is 10.1. The summed E-state index contributed by atoms with van der Waals surface area (Å²) in [6, 6.07) is 19.2. The third-order valence-electron chi connectivity index (χ3n) is 7.60. The van der Waals surface area contributed by atoms with Gasteiger partial charge >= 0.3 is 0 Å². The van der Waals surface area contributed by atoms with Gasteiger partial charge in [0.05, 0.1) is 31.1 Å². The van der Waals surface area contributed by atoms with E-state index in [9.17, 15) is 18.3 Å². The summed E-state index contributed by atoms with van der Waals surface area (Å²) in [5.74, 6) is 1.13. The number of aliphatic hydroxyl groups excluding tert-OH is 1. The molecule has 10 heteroatoms. The van der Waals surface area contributed by atoms with Crippen molar-refractivity contribution in [3.63, 3.8) is 0 Å². The molecule has 0 radical (unpaired) electrons. The molecule has 0 saturated heterocycles. The highest BCUT2D eigenvalue weighted by Crippen LogP contribution is 2.30. The number of aliphatic hydroxyl groups is 1. The predicted octanol–water partition coefficient (Wildman–Crippen LogP) is 4.09. The number of amides is 1. The average Bonchev–Trinajstić information content (AvgIpc) is 3.00. The second-order valence-electron chi connectivity index (χ2n) is 11.2. The molecule has 3 aromatic carbocycles. The minimum Gasteiger partial charge on any atom is -0.497 e. The first kappa shape index (κ1) is 31.3. The molecule has 1 heterocycles. The van der Waals surface area contributed by atoms with Crippen molar-refractivity contribution in [2.75, 3.05) is 38.6 Å². The molecule has 0 bridgehead atoms. The van der Waals surface area contributed by atoms with Crippen LogP contribution in [0.15, 0.2) is 71.6 Å². The Balaban J connectivity index is 1.61. The van der Waals surface area contributed by atoms with Crippen LogP contribution < -0.4 is 14.2 Å². The van der Waals surface area contributed by atoms with Gasteiger partial charge in [-0.25, -0.2) is 8.42 Å². The van der Waals surface area contributed by atoms with Crippen LogP contribution in [-0.2, 0) is 27.8 Å². The Bertz CT molecular complexity index is 1460. The molecular weight excluding hydrogens is 554 g/mol. The summed E-state index contributed by atoms with van der Waals surface area (Å²) in [6.45, 7) is 7.30. The number of sulfonamides is 1. The van der Waals surface area contributed by atoms with Crippen LogP contribution in [0.25, 0.3) is 0 Å². The monoisotopic (exact) mass is 595 g/mol. The first-order chi connectivity index (χ1) is 20.0. The van der Waals surface area contributed by atoms with Crippen LogP contribution in [0.4, 0.5) is 5.69 Å². The second-order valence-corrected chi connectivity index (χ2v) is 12.9. The molecule has 42 heavy (non-hydrogen) atoms. The van der Waals surface area contributed by atoms with E-state index in [4.69, 9.17) is 9.47 Å². The van der Waals surface area contributed by atoms with E-state index < -0.39 is 10.0 Å². The molecule has 2 N–H and O–H groups in total. The Morgan fingerprint density at radius 2 is 1.81 bits per heavy atom. The standard InChI is InChI=1S/C32H41N3O6S/c1-22-6-13-29(14-7-22)42(38,39)33-27-10-15-30-26(16-27)17-32(37)35(24(3)21-36)18-23(2)31(41-30)20-34(4)19-25-8-11-28(40-5)12-9-25/h6-16,23-24,31,33,36H,17-21H2,1-5H3/t23-,24+,31-/m0/s1. The molecule has 0 fully saturated rings. The third-order valence-corrected chi connectivity index (χ3v) is 9.00. The van der Waals surface area contributed by atoms with Gasteiger partial charge in [-0.2, -0.15) is 0 Å². The van der Waals surface area contributed by atoms with Gasteiger partial charge in [-0.1, -0.05) is 36.8 Å². The number of fused-ring (bicyclic) bond motifs is 1. The molecule has 9 nitrogen and oxygen atoms in total. The zero-order valence-electron chi connectivity index (χ0n) is 24.9. The molecule has 1 aliphatic rings. The van der Waals surface area contributed by atoms with Crippen molar-refractivity contribution in [2.45, 2.75) is 50.8 Å². The van der Waals surface area contributed by atoms with E-state index in [0.29, 0.717) is 36.6 Å². The summed E-state index contributed by atoms with van der Waals surface area (Å²) in [5.41, 5.74) is 3.01. The summed E-state index contributed by atoms with van der Waals surface area (Å²) >= 11 is 0. The number of ether oxygens (including phenoxy) is 2. The maximum absolute atomic E-state index is 13.5. The topological polar surface area (TPSA) is 108 Å². The van der Waals surface area contributed by atoms with E-state index >= 15 is 0 Å². The van der Waals surface area contributed by atoms with Crippen LogP contribution in [0.5, 0.6) is 11.5 Å². The molecule has 3 atom stereocenters. The largest absolute Gasteiger partial charge is 0.497 e. The Labute approximate surface area is 249 Å². The van der Waals surface area contributed by atoms with E-state index in [-0.39, 0.29) is 41.9 Å². The van der Waals surface area contributed by atoms with Crippen molar-refractivity contribution in [1.82, 2.24) is 9.80 Å². The summed E-state index contributed by atoms with van der Waals surface area (Å²) in [6.07, 6.45) is -0.262. The SMILES string of the molecule is COc1ccc(CN(C)C[C@@H]2Oc3ccc(NS(=O)(=O)c4ccc(C)cc4)cc3CC(=O)N([C@H](C)CO)C[C@@H]2C)cc1. The number of likely N-dealkylation sites (N-methyl/N-ethyl adjacent to an activating group) is 1. The summed E-state index contributed by atoms with van der Waals surface area (Å²) < 4.78 is 40.6. The fourth-order valence-electron chi connectivity index (χ4n) is 5.06. The lowest BCUT2D eigenvalue weighted by atomic mass is 10.0. The number of methoxy groups -OCH3 is 1. The Hall–Kier alpha value is -3.60. The number of carbonyl (C=O) groups excluding carboxylic acids is 1. The number of hydrogen-bond donors (Lipinski definition) is 2. The molecule has 3 aromatic rings. The molecule has 226 valence electrons. The van der Waals surface area contributed by atoms with Crippen LogP contribution in [0.3, 0.4) is 0 Å². The first-order valence-electron chi connectivity index (χ1n) is 14.1. The van der Waals surface area contributed by atoms with Gasteiger partial charge in [0.25, 0.3) is 10.0 Å². The zero-order valence-corrected chi connectivity index (χ0v) is 25.7. The molecule has 0 unspecified atom stereocenters. The first-order valence-corrected chi connectivity index (χ1v) is 15.6. The van der Waals surface area contributed by atoms with Crippen LogP contribution in [0.2, 0.25) is 0 Å². The normalized spacial score (nSPS) is 18.4. The smallest absolute Gasteiger partial charge is 0.261 e. The van der Waals surface area contributed by atoms with Crippen molar-refractivity contribution in [3.05, 3.63) is 83.4 Å². The quantitative estimate of drug-likeness (QED) is 0.364. The lowest BCUT2D eigenvalue weighted by Gasteiger charge is -2.34. The van der Waals surface area contributed by atoms with Gasteiger partial charge in [0, 0.05) is 36.8 Å². The van der Waals surface area contributed by atoms with Gasteiger partial charge in [0.2, 0.25) is 5.91 Å². The highest BCUT2D eigenvalue weighted by Gasteiger charge is 2.31. The van der Waals surface area contributed by atoms with Crippen molar-refractivity contribution in [1.29, 1.82) is 0 Å². The van der Waals surface area contributed by atoms with Gasteiger partial charge in [0.1, 0.15) is 17.6 Å². The summed E-state index contributed by atoms with van der Waals surface area (Å²) in [4.78, 5) is 17.5. The molecule has 1 amide bonds. The third kappa shape index (κ3) is 7.81. The van der Waals surface area contributed by atoms with E-state index in [1.807, 2.05) is 52.1 Å². The van der Waals surface area contributed by atoms with Crippen LogP contribution in [0, 0.1) is 12.8 Å². The van der Waals surface area contributed by atoms with Gasteiger partial charge in [0.15, 0.2) is 0 Å². The fraction of sp³-hybridized carbons (Fsp3) is 0.406. The highest BCUT2D eigenvalue weighted by molar-refractivity contribution is 7.92. The molecule has 0 aromatic heterocycles. The number of benzene rings is 3. The maximum Gasteiger partial charge on any atom is 0.261 e. The number of nitrogens with one attached hydrogen (secondary N) is 1. The fourth-order valence-corrected chi connectivity index (χ4v) is 6.11. The lowest BCUT2D eigenvalue weighted by molar-refractivity contribution is -0.134. The molecule has 4 rings (SSSR count). The lowest BCUT2D eigenvalue weighted by Crippen LogP contribution is -2.47. The predicted molar refractivity (Wildman–Crippen MR) is 163 cm³/mol. The van der Waals surface area contributed by atoms with Gasteiger partial charge in [-0.3, -0.25) is 14.4 Å². The number of carbonyl (C=O) groups is 1. The van der Waals surface area contributed by atoms with Gasteiger partial charge < -0.3 is 19.5 Å². The second kappa shape index (κ2) is 13.6. The molecule has 1 aliphatic heterocycles. The van der Waals surface area contributed by atoms with E-state index in [1.54, 1.807) is 54.5 Å². The molecular formula is C32H41N3O6S. The summed E-state index contributed by atoms with van der Waals surface area (Å²) in [5, 5.41) is 9.91. The highest BCUT2D eigenvalue weighted by atomic mass is 32.2. The van der Waals surface area contributed by atoms with Crippen LogP contribution >= 0.6 is 0 Å². The Morgan fingerprint density at radius 1 is 1.12 bits per heavy atom. The summed E-state index contributed by atoms with van der Waals surface area (Å²) in [7, 11) is -0.160. The van der Waals surface area contributed by atoms with E-state index in [2.05, 4.69) is 9.62 Å². The van der Waals surface area contributed by atoms with Crippen molar-refractivity contribution in [2.24, 2.45) is 5.92 Å². The number of hydrogen-bond acceptors (Lipinski definition) is 7. The minimum absolute atomic E-state index is 0.0148. The number of anilines is 1. The van der Waals surface area contributed by atoms with Crippen molar-refractivity contribution in [3.8, 4) is 11.5 Å². The molecule has 0 spiro atoms. The van der Waals surface area contributed by atoms with Crippen LogP contribution in [-0.4, -0.2) is 75.2 Å². The average molecular weight is 596 g/mol. The van der Waals surface area contributed by atoms with Gasteiger partial charge in [-0.05, 0) is 68.9 Å². The van der Waals surface area contributed by atoms with E-state index in [1.165, 1.54) is 0 Å². The minimum atomic E-state index is -3.83. The van der Waals surface area contributed by atoms with E-state index in [0.717, 1.165) is 16.9 Å².